The monoisotopic (exact) mass is 809 g/mol. The maximum atomic E-state index is 14.1. The molecule has 0 amide bonds. The summed E-state index contributed by atoms with van der Waals surface area (Å²) in [5, 5.41) is 3.17. The Bertz CT molecular complexity index is 1400. The van der Waals surface area contributed by atoms with Crippen LogP contribution < -0.4 is 14.8 Å². The first-order valence-electron chi connectivity index (χ1n) is 13.5. The van der Waals surface area contributed by atoms with E-state index in [0.29, 0.717) is 12.1 Å². The Kier molecular flexibility index (Phi) is 12.6. The van der Waals surface area contributed by atoms with Crippen LogP contribution in [0.5, 0.6) is 11.5 Å². The molecule has 0 aliphatic heterocycles. The lowest BCUT2D eigenvalue weighted by molar-refractivity contribution is -0.461. The van der Waals surface area contributed by atoms with Gasteiger partial charge >= 0.3 is 47.6 Å². The van der Waals surface area contributed by atoms with Crippen LogP contribution in [0.1, 0.15) is 36.8 Å². The molecule has 0 saturated carbocycles. The molecule has 1 atom stereocenters. The van der Waals surface area contributed by atoms with Gasteiger partial charge in [0.15, 0.2) is 0 Å². The molecule has 2 aromatic rings. The first kappa shape index (κ1) is 42.5. The maximum Gasteiger partial charge on any atom is 0.460 e. The summed E-state index contributed by atoms with van der Waals surface area (Å²) in [6.45, 7) is 1.64. The van der Waals surface area contributed by atoms with E-state index in [0.717, 1.165) is 10.0 Å². The Morgan fingerprint density at radius 2 is 1.16 bits per heavy atom. The van der Waals surface area contributed by atoms with Crippen molar-refractivity contribution in [2.24, 2.45) is 0 Å². The summed E-state index contributed by atoms with van der Waals surface area (Å²) < 4.78 is 239. The second kappa shape index (κ2) is 14.5. The van der Waals surface area contributed by atoms with Crippen molar-refractivity contribution in [1.82, 2.24) is 5.32 Å². The van der Waals surface area contributed by atoms with E-state index in [1.165, 1.54) is 25.3 Å². The molecule has 2 aromatic carbocycles. The first-order chi connectivity index (χ1) is 22.0. The topological polar surface area (TPSA) is 30.5 Å². The number of methoxy groups -OCH3 is 1. The second-order valence-corrected chi connectivity index (χ2v) is 11.6. The molecule has 0 spiro atoms. The largest absolute Gasteiger partial charge is 0.496 e. The molecule has 1 unspecified atom stereocenters. The fourth-order valence-corrected chi connectivity index (χ4v) is 4.40. The molecule has 0 aromatic heterocycles. The third-order valence-electron chi connectivity index (χ3n) is 7.15. The Morgan fingerprint density at radius 3 is 1.65 bits per heavy atom. The highest BCUT2D eigenvalue weighted by molar-refractivity contribution is 9.10. The van der Waals surface area contributed by atoms with Gasteiger partial charge in [0.2, 0.25) is 0 Å². The minimum absolute atomic E-state index is 0.0787. The van der Waals surface area contributed by atoms with Crippen molar-refractivity contribution in [2.45, 2.75) is 79.9 Å². The van der Waals surface area contributed by atoms with Crippen LogP contribution in [0.3, 0.4) is 0 Å². The van der Waals surface area contributed by atoms with E-state index in [4.69, 9.17) is 9.47 Å². The van der Waals surface area contributed by atoms with Gasteiger partial charge in [0.05, 0.1) is 13.7 Å². The summed E-state index contributed by atoms with van der Waals surface area (Å²) in [6, 6.07) is 11.4. The lowest BCUT2D eigenvalue weighted by Crippen LogP contribution is -2.74. The quantitative estimate of drug-likeness (QED) is 0.128. The minimum atomic E-state index is -8.65. The van der Waals surface area contributed by atoms with Crippen LogP contribution in [0.2, 0.25) is 0 Å². The number of hydrogen-bond acceptors (Lipinski definition) is 3. The van der Waals surface area contributed by atoms with Gasteiger partial charge in [-0.15, -0.1) is 0 Å². The molecule has 3 nitrogen and oxygen atoms in total. The first-order valence-corrected chi connectivity index (χ1v) is 14.3. The van der Waals surface area contributed by atoms with Crippen molar-refractivity contribution in [3.05, 3.63) is 58.1 Å². The average molecular weight is 810 g/mol. The molecule has 0 radical (unpaired) electrons. The van der Waals surface area contributed by atoms with Crippen molar-refractivity contribution in [1.29, 1.82) is 0 Å². The number of hydrogen-bond donors (Lipinski definition) is 1. The highest BCUT2D eigenvalue weighted by Crippen LogP contribution is 2.64. The van der Waals surface area contributed by atoms with E-state index in [1.807, 2.05) is 31.2 Å². The number of benzene rings is 2. The van der Waals surface area contributed by atoms with Gasteiger partial charge in [-0.05, 0) is 36.1 Å². The van der Waals surface area contributed by atoms with Gasteiger partial charge in [-0.2, -0.15) is 74.6 Å². The zero-order valence-electron chi connectivity index (χ0n) is 24.8. The van der Waals surface area contributed by atoms with Crippen LogP contribution in [0, 0.1) is 0 Å². The molecule has 21 heteroatoms. The molecular formula is C28H25BrF17NO2. The number of alkyl halides is 17. The lowest BCUT2D eigenvalue weighted by Gasteiger charge is -2.42. The van der Waals surface area contributed by atoms with Crippen LogP contribution in [0.25, 0.3) is 0 Å². The molecule has 0 aliphatic carbocycles. The van der Waals surface area contributed by atoms with Gasteiger partial charge in [0.25, 0.3) is 0 Å². The number of nitrogens with one attached hydrogen (secondary N) is 1. The summed E-state index contributed by atoms with van der Waals surface area (Å²) in [4.78, 5) is 0. The van der Waals surface area contributed by atoms with Gasteiger partial charge in [-0.1, -0.05) is 41.1 Å². The molecule has 0 fully saturated rings. The van der Waals surface area contributed by atoms with E-state index in [1.54, 1.807) is 0 Å². The van der Waals surface area contributed by atoms with Crippen LogP contribution >= 0.6 is 15.9 Å². The molecule has 1 N–H and O–H groups in total. The Morgan fingerprint density at radius 1 is 0.673 bits per heavy atom. The summed E-state index contributed by atoms with van der Waals surface area (Å²) in [5.41, 5.74) is 1.57. The standard InChI is InChI=1S/C28H25BrF17NO2/c1-15(16-4-7-18(29)8-5-16)13-47-14-17-6-9-19(12-20(17)48-2)49-11-3-10-21(30,31)22(32,33)23(34,35)24(36,37)25(38,39)26(40,41)27(42,43)28(44,45)46/h4-9,12,15,47H,3,10-11,13-14H2,1-2H3. The Balaban J connectivity index is 2.10. The highest BCUT2D eigenvalue weighted by Gasteiger charge is 2.95. The van der Waals surface area contributed by atoms with Gasteiger partial charge in [-0.3, -0.25) is 0 Å². The third-order valence-corrected chi connectivity index (χ3v) is 7.68. The predicted octanol–water partition coefficient (Wildman–Crippen LogP) is 10.5. The SMILES string of the molecule is COc1cc(OCCCC(F)(F)C(F)(F)C(F)(F)C(F)(F)C(F)(F)C(F)(F)C(F)(F)C(F)(F)F)ccc1CNCC(C)c1ccc(Br)cc1. The Labute approximate surface area is 275 Å². The van der Waals surface area contributed by atoms with Crippen molar-refractivity contribution in [2.75, 3.05) is 20.3 Å². The summed E-state index contributed by atoms with van der Waals surface area (Å²) in [5.74, 6) is -56.4. The number of ether oxygens (including phenoxy) is 2. The maximum absolute atomic E-state index is 14.1. The molecule has 2 rings (SSSR count). The number of rotatable bonds is 17. The predicted molar refractivity (Wildman–Crippen MR) is 143 cm³/mol. The normalized spacial score (nSPS) is 14.9. The summed E-state index contributed by atoms with van der Waals surface area (Å²) in [7, 11) is 1.23. The van der Waals surface area contributed by atoms with E-state index in [9.17, 15) is 74.6 Å². The van der Waals surface area contributed by atoms with Crippen LogP contribution in [0.15, 0.2) is 46.9 Å². The second-order valence-electron chi connectivity index (χ2n) is 10.7. The smallest absolute Gasteiger partial charge is 0.460 e. The summed E-state index contributed by atoms with van der Waals surface area (Å²) in [6.07, 6.45) is -11.8. The molecule has 0 aliphatic rings. The van der Waals surface area contributed by atoms with Crippen molar-refractivity contribution >= 4 is 15.9 Å². The third kappa shape index (κ3) is 7.96. The fraction of sp³-hybridized carbons (Fsp3) is 0.571. The highest BCUT2D eigenvalue weighted by atomic mass is 79.9. The van der Waals surface area contributed by atoms with Gasteiger partial charge < -0.3 is 14.8 Å². The van der Waals surface area contributed by atoms with Crippen LogP contribution in [-0.2, 0) is 6.54 Å². The van der Waals surface area contributed by atoms with Gasteiger partial charge in [0.1, 0.15) is 11.5 Å². The average Bonchev–Trinajstić information content (AvgIpc) is 2.98. The number of halogens is 18. The van der Waals surface area contributed by atoms with Crippen molar-refractivity contribution < 1.29 is 84.1 Å². The van der Waals surface area contributed by atoms with Crippen molar-refractivity contribution in [3.8, 4) is 11.5 Å². The van der Waals surface area contributed by atoms with Gasteiger partial charge in [-0.25, -0.2) is 0 Å². The minimum Gasteiger partial charge on any atom is -0.496 e. The summed E-state index contributed by atoms with van der Waals surface area (Å²) >= 11 is 3.32. The van der Waals surface area contributed by atoms with E-state index < -0.39 is 67.1 Å². The van der Waals surface area contributed by atoms with E-state index >= 15 is 0 Å². The molecule has 49 heavy (non-hydrogen) atoms. The molecule has 0 heterocycles. The molecule has 0 saturated heterocycles. The van der Waals surface area contributed by atoms with Crippen LogP contribution in [-0.4, -0.2) is 67.9 Å². The lowest BCUT2D eigenvalue weighted by atomic mass is 9.88. The fourth-order valence-electron chi connectivity index (χ4n) is 4.13. The van der Waals surface area contributed by atoms with Crippen LogP contribution in [0.4, 0.5) is 74.6 Å². The molecular weight excluding hydrogens is 785 g/mol. The molecule has 280 valence electrons. The van der Waals surface area contributed by atoms with E-state index in [2.05, 4.69) is 21.2 Å². The Hall–Kier alpha value is -2.71. The zero-order valence-corrected chi connectivity index (χ0v) is 26.4. The molecule has 0 bridgehead atoms. The van der Waals surface area contributed by atoms with Gasteiger partial charge in [0, 0.05) is 35.6 Å². The van der Waals surface area contributed by atoms with Crippen molar-refractivity contribution in [3.63, 3.8) is 0 Å². The zero-order chi connectivity index (χ0) is 38.1. The van der Waals surface area contributed by atoms with E-state index in [-0.39, 0.29) is 24.0 Å².